The summed E-state index contributed by atoms with van der Waals surface area (Å²) in [5, 5.41) is 0. The standard InChI is InChI=1S/C14H26N2S/c1-17-14(6-3-7-14)12-15-8-4-10-16-9-2-5-13(16)11-15/h13H,2-12H2,1H3. The van der Waals surface area contributed by atoms with Gasteiger partial charge >= 0.3 is 0 Å². The van der Waals surface area contributed by atoms with Gasteiger partial charge in [-0.3, -0.25) is 4.90 Å². The van der Waals surface area contributed by atoms with Crippen LogP contribution in [0.1, 0.15) is 38.5 Å². The lowest BCUT2D eigenvalue weighted by Crippen LogP contribution is -2.47. The Morgan fingerprint density at radius 1 is 1.12 bits per heavy atom. The van der Waals surface area contributed by atoms with E-state index in [0.29, 0.717) is 4.75 Å². The predicted octanol–water partition coefficient (Wildman–Crippen LogP) is 2.44. The average Bonchev–Trinajstić information content (AvgIpc) is 2.63. The van der Waals surface area contributed by atoms with E-state index in [4.69, 9.17) is 0 Å². The predicted molar refractivity (Wildman–Crippen MR) is 75.7 cm³/mol. The fraction of sp³-hybridized carbons (Fsp3) is 1.00. The van der Waals surface area contributed by atoms with Crippen LogP contribution in [0.5, 0.6) is 0 Å². The van der Waals surface area contributed by atoms with Gasteiger partial charge in [-0.25, -0.2) is 0 Å². The second kappa shape index (κ2) is 5.10. The summed E-state index contributed by atoms with van der Waals surface area (Å²) in [6.45, 7) is 6.77. The maximum Gasteiger partial charge on any atom is 0.0284 e. The summed E-state index contributed by atoms with van der Waals surface area (Å²) in [5.41, 5.74) is 0. The first kappa shape index (κ1) is 12.3. The van der Waals surface area contributed by atoms with Crippen LogP contribution in [0.4, 0.5) is 0 Å². The van der Waals surface area contributed by atoms with E-state index in [-0.39, 0.29) is 0 Å². The first-order valence-electron chi connectivity index (χ1n) is 7.33. The number of nitrogens with zero attached hydrogens (tertiary/aromatic N) is 2. The van der Waals surface area contributed by atoms with Crippen LogP contribution in [0, 0.1) is 0 Å². The maximum atomic E-state index is 2.78. The van der Waals surface area contributed by atoms with E-state index in [1.165, 1.54) is 71.2 Å². The molecule has 0 spiro atoms. The number of fused-ring (bicyclic) bond motifs is 1. The highest BCUT2D eigenvalue weighted by molar-refractivity contribution is 8.00. The molecule has 0 bridgehead atoms. The number of hydrogen-bond acceptors (Lipinski definition) is 3. The van der Waals surface area contributed by atoms with Crippen molar-refractivity contribution in [2.24, 2.45) is 0 Å². The van der Waals surface area contributed by atoms with Crippen molar-refractivity contribution >= 4 is 11.8 Å². The summed E-state index contributed by atoms with van der Waals surface area (Å²) in [5.74, 6) is 0. The van der Waals surface area contributed by atoms with E-state index < -0.39 is 0 Å². The average molecular weight is 254 g/mol. The molecular weight excluding hydrogens is 228 g/mol. The fourth-order valence-corrected chi connectivity index (χ4v) is 4.84. The quantitative estimate of drug-likeness (QED) is 0.764. The van der Waals surface area contributed by atoms with Crippen LogP contribution >= 0.6 is 11.8 Å². The molecule has 1 saturated carbocycles. The van der Waals surface area contributed by atoms with Crippen LogP contribution in [0.15, 0.2) is 0 Å². The van der Waals surface area contributed by atoms with Gasteiger partial charge in [-0.1, -0.05) is 6.42 Å². The molecule has 0 amide bonds. The summed E-state index contributed by atoms with van der Waals surface area (Å²) >= 11 is 2.13. The fourth-order valence-electron chi connectivity index (χ4n) is 3.83. The van der Waals surface area contributed by atoms with E-state index in [9.17, 15) is 0 Å². The van der Waals surface area contributed by atoms with E-state index in [1.807, 2.05) is 0 Å². The molecular formula is C14H26N2S. The molecule has 3 rings (SSSR count). The topological polar surface area (TPSA) is 6.48 Å². The van der Waals surface area contributed by atoms with Crippen LogP contribution < -0.4 is 0 Å². The Bertz CT molecular complexity index is 259. The molecule has 3 aliphatic rings. The lowest BCUT2D eigenvalue weighted by atomic mass is 9.83. The van der Waals surface area contributed by atoms with Crippen molar-refractivity contribution in [3.05, 3.63) is 0 Å². The Morgan fingerprint density at radius 2 is 1.94 bits per heavy atom. The molecule has 17 heavy (non-hydrogen) atoms. The monoisotopic (exact) mass is 254 g/mol. The van der Waals surface area contributed by atoms with Gasteiger partial charge in [0.25, 0.3) is 0 Å². The minimum Gasteiger partial charge on any atom is -0.300 e. The Balaban J connectivity index is 1.59. The number of rotatable bonds is 3. The molecule has 2 nitrogen and oxygen atoms in total. The van der Waals surface area contributed by atoms with Gasteiger partial charge in [-0.05, 0) is 58.0 Å². The van der Waals surface area contributed by atoms with E-state index in [1.54, 1.807) is 0 Å². The van der Waals surface area contributed by atoms with Gasteiger partial charge in [-0.15, -0.1) is 0 Å². The molecule has 2 saturated heterocycles. The molecule has 0 N–H and O–H groups in total. The van der Waals surface area contributed by atoms with Crippen LogP contribution in [-0.2, 0) is 0 Å². The third-order valence-electron chi connectivity index (χ3n) is 5.10. The molecule has 1 atom stereocenters. The molecule has 2 heterocycles. The molecule has 3 fully saturated rings. The SMILES string of the molecule is CSC1(CN2CCCN3CCCC3C2)CCC1. The van der Waals surface area contributed by atoms with Crippen molar-refractivity contribution < 1.29 is 0 Å². The molecule has 0 radical (unpaired) electrons. The summed E-state index contributed by atoms with van der Waals surface area (Å²) in [4.78, 5) is 5.53. The van der Waals surface area contributed by atoms with E-state index in [2.05, 4.69) is 27.8 Å². The third-order valence-corrected chi connectivity index (χ3v) is 6.50. The first-order chi connectivity index (χ1) is 8.31. The van der Waals surface area contributed by atoms with Crippen molar-refractivity contribution in [2.45, 2.75) is 49.3 Å². The van der Waals surface area contributed by atoms with Crippen molar-refractivity contribution in [3.63, 3.8) is 0 Å². The summed E-state index contributed by atoms with van der Waals surface area (Å²) in [6, 6.07) is 0.886. The smallest absolute Gasteiger partial charge is 0.0284 e. The van der Waals surface area contributed by atoms with Gasteiger partial charge in [0.05, 0.1) is 0 Å². The largest absolute Gasteiger partial charge is 0.300 e. The van der Waals surface area contributed by atoms with Crippen LogP contribution in [0.2, 0.25) is 0 Å². The minimum atomic E-state index is 0.633. The Kier molecular flexibility index (Phi) is 3.69. The minimum absolute atomic E-state index is 0.633. The molecule has 1 aliphatic carbocycles. The first-order valence-corrected chi connectivity index (χ1v) is 8.55. The summed E-state index contributed by atoms with van der Waals surface area (Å²) < 4.78 is 0.633. The maximum absolute atomic E-state index is 2.78. The third kappa shape index (κ3) is 2.52. The molecule has 2 aliphatic heterocycles. The molecule has 0 aromatic heterocycles. The van der Waals surface area contributed by atoms with Crippen molar-refractivity contribution in [2.75, 3.05) is 39.0 Å². The van der Waals surface area contributed by atoms with Gasteiger partial charge in [-0.2, -0.15) is 11.8 Å². The highest BCUT2D eigenvalue weighted by atomic mass is 32.2. The van der Waals surface area contributed by atoms with E-state index in [0.717, 1.165) is 6.04 Å². The Morgan fingerprint density at radius 3 is 2.65 bits per heavy atom. The van der Waals surface area contributed by atoms with E-state index >= 15 is 0 Å². The zero-order chi connectivity index (χ0) is 11.7. The van der Waals surface area contributed by atoms with Gasteiger partial charge in [0, 0.05) is 23.9 Å². The van der Waals surface area contributed by atoms with Crippen LogP contribution in [0.25, 0.3) is 0 Å². The lowest BCUT2D eigenvalue weighted by Gasteiger charge is -2.44. The molecule has 98 valence electrons. The van der Waals surface area contributed by atoms with Crippen molar-refractivity contribution in [3.8, 4) is 0 Å². The highest BCUT2D eigenvalue weighted by Gasteiger charge is 2.39. The van der Waals surface area contributed by atoms with Gasteiger partial charge < -0.3 is 4.90 Å². The second-order valence-corrected chi connectivity index (χ2v) is 7.44. The lowest BCUT2D eigenvalue weighted by molar-refractivity contribution is 0.181. The highest BCUT2D eigenvalue weighted by Crippen LogP contribution is 2.43. The number of thioether (sulfide) groups is 1. The zero-order valence-electron chi connectivity index (χ0n) is 11.2. The molecule has 0 aromatic rings. The zero-order valence-corrected chi connectivity index (χ0v) is 12.0. The van der Waals surface area contributed by atoms with Crippen LogP contribution in [0.3, 0.4) is 0 Å². The van der Waals surface area contributed by atoms with Gasteiger partial charge in [0.2, 0.25) is 0 Å². The molecule has 0 aromatic carbocycles. The molecule has 3 heteroatoms. The van der Waals surface area contributed by atoms with Crippen LogP contribution in [-0.4, -0.2) is 59.6 Å². The van der Waals surface area contributed by atoms with Gasteiger partial charge in [0.15, 0.2) is 0 Å². The molecule has 1 unspecified atom stereocenters. The summed E-state index contributed by atoms with van der Waals surface area (Å²) in [6.07, 6.45) is 11.0. The van der Waals surface area contributed by atoms with Crippen molar-refractivity contribution in [1.29, 1.82) is 0 Å². The summed E-state index contributed by atoms with van der Waals surface area (Å²) in [7, 11) is 0. The second-order valence-electron chi connectivity index (χ2n) is 6.16. The Labute approximate surface area is 110 Å². The van der Waals surface area contributed by atoms with Gasteiger partial charge in [0.1, 0.15) is 0 Å². The van der Waals surface area contributed by atoms with Crippen molar-refractivity contribution in [1.82, 2.24) is 9.80 Å². The Hall–Kier alpha value is 0.270. The normalized spacial score (nSPS) is 34.1. The number of hydrogen-bond donors (Lipinski definition) is 0.